The molecule has 1 aliphatic carbocycles. The van der Waals surface area contributed by atoms with Gasteiger partial charge in [-0.15, -0.1) is 0 Å². The van der Waals surface area contributed by atoms with Gasteiger partial charge in [0.15, 0.2) is 5.78 Å². The van der Waals surface area contributed by atoms with E-state index in [2.05, 4.69) is 5.32 Å². The summed E-state index contributed by atoms with van der Waals surface area (Å²) in [7, 11) is 0. The van der Waals surface area contributed by atoms with Crippen LogP contribution in [-0.2, 0) is 16.1 Å². The summed E-state index contributed by atoms with van der Waals surface area (Å²) in [5, 5.41) is 2.53. The zero-order valence-corrected chi connectivity index (χ0v) is 13.1. The average Bonchev–Trinajstić information content (AvgIpc) is 2.52. The van der Waals surface area contributed by atoms with Gasteiger partial charge in [-0.2, -0.15) is 0 Å². The van der Waals surface area contributed by atoms with Gasteiger partial charge in [0.2, 0.25) is 5.92 Å². The first-order valence-corrected chi connectivity index (χ1v) is 7.73. The van der Waals surface area contributed by atoms with E-state index in [1.807, 2.05) is 30.3 Å². The molecule has 1 atom stereocenters. The fourth-order valence-electron chi connectivity index (χ4n) is 2.84. The standard InChI is InChI=1S/C17H21F2NO3/c1-12(21)15(14-7-9-17(18,19)10-8-14)20-16(22)23-11-13-5-3-2-4-6-13/h2-6,14-15H,7-11H2,1H3,(H,20,22)/t15-/m1/s1. The molecule has 1 N–H and O–H groups in total. The van der Waals surface area contributed by atoms with Crippen molar-refractivity contribution < 1.29 is 23.1 Å². The number of carbonyl (C=O) groups is 2. The molecule has 1 fully saturated rings. The van der Waals surface area contributed by atoms with Crippen LogP contribution in [0, 0.1) is 5.92 Å². The largest absolute Gasteiger partial charge is 0.445 e. The molecule has 0 aliphatic heterocycles. The number of rotatable bonds is 5. The summed E-state index contributed by atoms with van der Waals surface area (Å²) in [5.74, 6) is -3.17. The number of alkyl halides is 2. The molecule has 1 aromatic rings. The number of ketones is 1. The summed E-state index contributed by atoms with van der Waals surface area (Å²) in [4.78, 5) is 23.6. The summed E-state index contributed by atoms with van der Waals surface area (Å²) in [6.45, 7) is 1.45. The number of halogens is 2. The van der Waals surface area contributed by atoms with E-state index >= 15 is 0 Å². The molecule has 1 aliphatic rings. The van der Waals surface area contributed by atoms with Gasteiger partial charge < -0.3 is 10.1 Å². The molecule has 1 amide bonds. The van der Waals surface area contributed by atoms with Gasteiger partial charge in [0, 0.05) is 12.8 Å². The smallest absolute Gasteiger partial charge is 0.408 e. The molecule has 126 valence electrons. The lowest BCUT2D eigenvalue weighted by Gasteiger charge is -2.32. The number of hydrogen-bond donors (Lipinski definition) is 1. The van der Waals surface area contributed by atoms with E-state index < -0.39 is 18.1 Å². The molecule has 0 unspecified atom stereocenters. The van der Waals surface area contributed by atoms with E-state index in [-0.39, 0.29) is 44.0 Å². The van der Waals surface area contributed by atoms with E-state index in [0.717, 1.165) is 5.56 Å². The second-order valence-corrected chi connectivity index (χ2v) is 5.99. The Morgan fingerprint density at radius 2 is 1.87 bits per heavy atom. The molecule has 6 heteroatoms. The Kier molecular flexibility index (Phi) is 5.69. The molecule has 1 saturated carbocycles. The Labute approximate surface area is 134 Å². The number of carbonyl (C=O) groups excluding carboxylic acids is 2. The van der Waals surface area contributed by atoms with Crippen molar-refractivity contribution in [2.24, 2.45) is 5.92 Å². The number of alkyl carbamates (subject to hydrolysis) is 1. The van der Waals surface area contributed by atoms with Crippen LogP contribution in [-0.4, -0.2) is 23.8 Å². The normalized spacial score (nSPS) is 18.9. The average molecular weight is 325 g/mol. The third-order valence-electron chi connectivity index (χ3n) is 4.16. The second kappa shape index (κ2) is 7.53. The number of amides is 1. The number of ether oxygens (including phenoxy) is 1. The third-order valence-corrected chi connectivity index (χ3v) is 4.16. The van der Waals surface area contributed by atoms with Crippen molar-refractivity contribution >= 4 is 11.9 Å². The van der Waals surface area contributed by atoms with Crippen LogP contribution in [0.5, 0.6) is 0 Å². The third kappa shape index (κ3) is 5.30. The summed E-state index contributed by atoms with van der Waals surface area (Å²) < 4.78 is 31.5. The quantitative estimate of drug-likeness (QED) is 0.898. The molecule has 0 bridgehead atoms. The van der Waals surface area contributed by atoms with E-state index in [1.54, 1.807) is 0 Å². The van der Waals surface area contributed by atoms with Gasteiger partial charge in [-0.1, -0.05) is 30.3 Å². The Balaban J connectivity index is 1.87. The maximum Gasteiger partial charge on any atom is 0.408 e. The number of hydrogen-bond acceptors (Lipinski definition) is 3. The van der Waals surface area contributed by atoms with Gasteiger partial charge in [0.25, 0.3) is 0 Å². The Morgan fingerprint density at radius 3 is 2.43 bits per heavy atom. The van der Waals surface area contributed by atoms with Crippen molar-refractivity contribution in [1.29, 1.82) is 0 Å². The van der Waals surface area contributed by atoms with Gasteiger partial charge in [-0.3, -0.25) is 4.79 Å². The predicted molar refractivity (Wildman–Crippen MR) is 81.1 cm³/mol. The van der Waals surface area contributed by atoms with Crippen molar-refractivity contribution in [2.75, 3.05) is 0 Å². The van der Waals surface area contributed by atoms with Crippen LogP contribution in [0.3, 0.4) is 0 Å². The van der Waals surface area contributed by atoms with Crippen molar-refractivity contribution in [2.45, 2.75) is 51.2 Å². The highest BCUT2D eigenvalue weighted by molar-refractivity contribution is 5.85. The van der Waals surface area contributed by atoms with Gasteiger partial charge >= 0.3 is 6.09 Å². The lowest BCUT2D eigenvalue weighted by Crippen LogP contribution is -2.47. The molecule has 0 heterocycles. The van der Waals surface area contributed by atoms with Crippen LogP contribution >= 0.6 is 0 Å². The van der Waals surface area contributed by atoms with Crippen molar-refractivity contribution in [3.63, 3.8) is 0 Å². The molecule has 1 aromatic carbocycles. The SMILES string of the molecule is CC(=O)[C@@H](NC(=O)OCc1ccccc1)C1CCC(F)(F)CC1. The molecular formula is C17H21F2NO3. The minimum atomic E-state index is -2.66. The van der Waals surface area contributed by atoms with Crippen LogP contribution in [0.1, 0.15) is 38.2 Å². The first-order valence-electron chi connectivity index (χ1n) is 7.73. The van der Waals surface area contributed by atoms with E-state index in [0.29, 0.717) is 0 Å². The van der Waals surface area contributed by atoms with E-state index in [4.69, 9.17) is 4.74 Å². The fraction of sp³-hybridized carbons (Fsp3) is 0.529. The molecule has 2 rings (SSSR count). The van der Waals surface area contributed by atoms with Crippen LogP contribution in [0.25, 0.3) is 0 Å². The first kappa shape index (κ1) is 17.4. The highest BCUT2D eigenvalue weighted by Crippen LogP contribution is 2.37. The van der Waals surface area contributed by atoms with Crippen LogP contribution in [0.15, 0.2) is 30.3 Å². The van der Waals surface area contributed by atoms with E-state index in [9.17, 15) is 18.4 Å². The van der Waals surface area contributed by atoms with Gasteiger partial charge in [0.1, 0.15) is 6.61 Å². The highest BCUT2D eigenvalue weighted by atomic mass is 19.3. The summed E-state index contributed by atoms with van der Waals surface area (Å²) in [6, 6.07) is 8.38. The summed E-state index contributed by atoms with van der Waals surface area (Å²) in [5.41, 5.74) is 0.833. The van der Waals surface area contributed by atoms with E-state index in [1.165, 1.54) is 6.92 Å². The zero-order chi connectivity index (χ0) is 16.9. The van der Waals surface area contributed by atoms with Crippen molar-refractivity contribution in [1.82, 2.24) is 5.32 Å². The van der Waals surface area contributed by atoms with Gasteiger partial charge in [0.05, 0.1) is 6.04 Å². The summed E-state index contributed by atoms with van der Waals surface area (Å²) >= 11 is 0. The second-order valence-electron chi connectivity index (χ2n) is 5.99. The summed E-state index contributed by atoms with van der Waals surface area (Å²) in [6.07, 6.45) is -0.761. The minimum absolute atomic E-state index is 0.0973. The molecule has 4 nitrogen and oxygen atoms in total. The minimum Gasteiger partial charge on any atom is -0.445 e. The van der Waals surface area contributed by atoms with Gasteiger partial charge in [-0.05, 0) is 31.2 Å². The monoisotopic (exact) mass is 325 g/mol. The van der Waals surface area contributed by atoms with Crippen molar-refractivity contribution in [3.8, 4) is 0 Å². The predicted octanol–water partition coefficient (Wildman–Crippen LogP) is 3.70. The number of nitrogens with one attached hydrogen (secondary N) is 1. The van der Waals surface area contributed by atoms with Crippen LogP contribution in [0.2, 0.25) is 0 Å². The number of benzene rings is 1. The van der Waals surface area contributed by atoms with Crippen LogP contribution < -0.4 is 5.32 Å². The molecule has 0 spiro atoms. The fourth-order valence-corrected chi connectivity index (χ4v) is 2.84. The lowest BCUT2D eigenvalue weighted by atomic mass is 9.81. The molecule has 23 heavy (non-hydrogen) atoms. The topological polar surface area (TPSA) is 55.4 Å². The Hall–Kier alpha value is -1.98. The first-order chi connectivity index (χ1) is 10.9. The lowest BCUT2D eigenvalue weighted by molar-refractivity contribution is -0.121. The Bertz CT molecular complexity index is 538. The molecule has 0 aromatic heterocycles. The van der Waals surface area contributed by atoms with Gasteiger partial charge in [-0.25, -0.2) is 13.6 Å². The van der Waals surface area contributed by atoms with Crippen LogP contribution in [0.4, 0.5) is 13.6 Å². The molecular weight excluding hydrogens is 304 g/mol. The Morgan fingerprint density at radius 1 is 1.26 bits per heavy atom. The molecule has 0 radical (unpaired) electrons. The number of Topliss-reactive ketones (excluding diaryl/α,β-unsaturated/α-hetero) is 1. The maximum atomic E-state index is 13.2. The van der Waals surface area contributed by atoms with Crippen molar-refractivity contribution in [3.05, 3.63) is 35.9 Å². The maximum absolute atomic E-state index is 13.2. The highest BCUT2D eigenvalue weighted by Gasteiger charge is 2.39. The molecule has 0 saturated heterocycles. The zero-order valence-electron chi connectivity index (χ0n) is 13.1.